The standard InChI is InChI=1S/C30H31N5O2/c1-30(24-6-4-3-5-7-24,35-15-14-20-8-10-21(11-9-20)29(32)37)28(36)26-19-34-27-16-22(12-13-25(26)27)23(17-31)18-33-2/h3-13,16-19,31,33-35H,14-15H2,1-2H3,(H2,32,37)/b23-18+,31-17?/t30-/m0/s1. The molecule has 0 fully saturated rings. The number of aromatic nitrogens is 1. The van der Waals surface area contributed by atoms with Gasteiger partial charge in [0.15, 0.2) is 5.78 Å². The Bertz CT molecular complexity index is 1450. The van der Waals surface area contributed by atoms with Gasteiger partial charge >= 0.3 is 0 Å². The van der Waals surface area contributed by atoms with Gasteiger partial charge in [-0.2, -0.15) is 0 Å². The van der Waals surface area contributed by atoms with Crippen LogP contribution in [-0.4, -0.2) is 36.5 Å². The minimum Gasteiger partial charge on any atom is -0.393 e. The number of nitrogens with two attached hydrogens (primary N) is 1. The van der Waals surface area contributed by atoms with Gasteiger partial charge in [0.05, 0.1) is 0 Å². The molecule has 3 aromatic carbocycles. The number of Topliss-reactive ketones (excluding diaryl/α,β-unsaturated/α-hetero) is 1. The quantitative estimate of drug-likeness (QED) is 0.157. The number of allylic oxidation sites excluding steroid dienone is 1. The van der Waals surface area contributed by atoms with E-state index in [0.29, 0.717) is 24.1 Å². The second-order valence-corrected chi connectivity index (χ2v) is 9.05. The number of aromatic amines is 1. The zero-order valence-electron chi connectivity index (χ0n) is 21.0. The fourth-order valence-electron chi connectivity index (χ4n) is 4.50. The first-order chi connectivity index (χ1) is 17.9. The van der Waals surface area contributed by atoms with E-state index in [9.17, 15) is 9.59 Å². The molecule has 0 unspecified atom stereocenters. The predicted molar refractivity (Wildman–Crippen MR) is 149 cm³/mol. The Balaban J connectivity index is 1.62. The zero-order valence-corrected chi connectivity index (χ0v) is 21.0. The lowest BCUT2D eigenvalue weighted by Crippen LogP contribution is -2.47. The van der Waals surface area contributed by atoms with E-state index in [0.717, 1.165) is 33.2 Å². The van der Waals surface area contributed by atoms with E-state index < -0.39 is 11.4 Å². The van der Waals surface area contributed by atoms with E-state index in [2.05, 4.69) is 15.6 Å². The zero-order chi connectivity index (χ0) is 26.4. The van der Waals surface area contributed by atoms with Crippen LogP contribution in [-0.2, 0) is 12.0 Å². The van der Waals surface area contributed by atoms with E-state index in [1.54, 1.807) is 31.6 Å². The highest BCUT2D eigenvalue weighted by atomic mass is 16.1. The van der Waals surface area contributed by atoms with Gasteiger partial charge in [0.2, 0.25) is 5.91 Å². The molecule has 0 spiro atoms. The van der Waals surface area contributed by atoms with Crippen LogP contribution in [0, 0.1) is 5.41 Å². The van der Waals surface area contributed by atoms with Crippen LogP contribution in [0.1, 0.15) is 44.3 Å². The molecule has 6 N–H and O–H groups in total. The van der Waals surface area contributed by atoms with Crippen molar-refractivity contribution >= 4 is 34.4 Å². The monoisotopic (exact) mass is 493 g/mol. The molecule has 0 radical (unpaired) electrons. The van der Waals surface area contributed by atoms with Gasteiger partial charge < -0.3 is 26.8 Å². The van der Waals surface area contributed by atoms with Crippen LogP contribution in [0.5, 0.6) is 0 Å². The number of carbonyl (C=O) groups excluding carboxylic acids is 2. The molecule has 0 bridgehead atoms. The third kappa shape index (κ3) is 5.37. The van der Waals surface area contributed by atoms with Crippen molar-refractivity contribution in [1.29, 1.82) is 5.41 Å². The summed E-state index contributed by atoms with van der Waals surface area (Å²) in [6.45, 7) is 2.47. The summed E-state index contributed by atoms with van der Waals surface area (Å²) in [5, 5.41) is 15.0. The van der Waals surface area contributed by atoms with Crippen molar-refractivity contribution in [2.45, 2.75) is 18.9 Å². The molecule has 188 valence electrons. The summed E-state index contributed by atoms with van der Waals surface area (Å²) in [6, 6.07) is 22.7. The molecular formula is C30H31N5O2. The molecule has 7 heteroatoms. The molecule has 1 atom stereocenters. The van der Waals surface area contributed by atoms with Crippen molar-refractivity contribution in [3.8, 4) is 0 Å². The third-order valence-electron chi connectivity index (χ3n) is 6.65. The van der Waals surface area contributed by atoms with Crippen LogP contribution in [0.3, 0.4) is 0 Å². The van der Waals surface area contributed by atoms with Crippen LogP contribution in [0.15, 0.2) is 85.2 Å². The fourth-order valence-corrected chi connectivity index (χ4v) is 4.50. The van der Waals surface area contributed by atoms with Crippen LogP contribution in [0.2, 0.25) is 0 Å². The first-order valence-electron chi connectivity index (χ1n) is 12.1. The minimum atomic E-state index is -0.964. The molecule has 0 aliphatic heterocycles. The Morgan fingerprint density at radius 3 is 2.38 bits per heavy atom. The lowest BCUT2D eigenvalue weighted by Gasteiger charge is -2.30. The van der Waals surface area contributed by atoms with E-state index in [4.69, 9.17) is 11.1 Å². The van der Waals surface area contributed by atoms with Crippen LogP contribution in [0.4, 0.5) is 0 Å². The van der Waals surface area contributed by atoms with Gasteiger partial charge in [-0.3, -0.25) is 9.59 Å². The number of hydrogen-bond acceptors (Lipinski definition) is 5. The Kier molecular flexibility index (Phi) is 7.65. The number of nitrogens with one attached hydrogen (secondary N) is 4. The molecule has 4 rings (SSSR count). The summed E-state index contributed by atoms with van der Waals surface area (Å²) in [4.78, 5) is 28.7. The molecule has 4 aromatic rings. The van der Waals surface area contributed by atoms with E-state index in [-0.39, 0.29) is 5.78 Å². The fraction of sp³-hybridized carbons (Fsp3) is 0.167. The predicted octanol–water partition coefficient (Wildman–Crippen LogP) is 4.41. The van der Waals surface area contributed by atoms with Gasteiger partial charge in [-0.15, -0.1) is 0 Å². The number of benzene rings is 3. The number of H-pyrrole nitrogens is 1. The van der Waals surface area contributed by atoms with E-state index >= 15 is 0 Å². The maximum atomic E-state index is 14.1. The Morgan fingerprint density at radius 2 is 1.73 bits per heavy atom. The highest BCUT2D eigenvalue weighted by Crippen LogP contribution is 2.30. The lowest BCUT2D eigenvalue weighted by molar-refractivity contribution is 0.0866. The minimum absolute atomic E-state index is 0.0418. The van der Waals surface area contributed by atoms with Gasteiger partial charge in [0, 0.05) is 59.8 Å². The first kappa shape index (κ1) is 25.6. The number of ketones is 1. The molecule has 0 aliphatic rings. The lowest BCUT2D eigenvalue weighted by atomic mass is 9.83. The molecule has 37 heavy (non-hydrogen) atoms. The summed E-state index contributed by atoms with van der Waals surface area (Å²) < 4.78 is 0. The van der Waals surface area contributed by atoms with Crippen molar-refractivity contribution in [1.82, 2.24) is 15.6 Å². The maximum Gasteiger partial charge on any atom is 0.248 e. The van der Waals surface area contributed by atoms with E-state index in [1.807, 2.05) is 67.6 Å². The largest absolute Gasteiger partial charge is 0.393 e. The number of fused-ring (bicyclic) bond motifs is 1. The van der Waals surface area contributed by atoms with Gasteiger partial charge in [-0.1, -0.05) is 54.6 Å². The molecule has 7 nitrogen and oxygen atoms in total. The normalized spacial score (nSPS) is 13.2. The summed E-state index contributed by atoms with van der Waals surface area (Å²) in [5.41, 5.74) is 9.81. The van der Waals surface area contributed by atoms with Crippen molar-refractivity contribution < 1.29 is 9.59 Å². The average Bonchev–Trinajstić information content (AvgIpc) is 3.35. The molecule has 0 saturated heterocycles. The van der Waals surface area contributed by atoms with Crippen molar-refractivity contribution in [2.24, 2.45) is 5.73 Å². The summed E-state index contributed by atoms with van der Waals surface area (Å²) >= 11 is 0. The molecule has 0 aliphatic carbocycles. The van der Waals surface area contributed by atoms with Gasteiger partial charge in [-0.05, 0) is 48.2 Å². The Labute approximate surface area is 216 Å². The highest BCUT2D eigenvalue weighted by Gasteiger charge is 2.36. The maximum absolute atomic E-state index is 14.1. The van der Waals surface area contributed by atoms with Gasteiger partial charge in [0.1, 0.15) is 5.54 Å². The van der Waals surface area contributed by atoms with Crippen molar-refractivity contribution in [3.63, 3.8) is 0 Å². The number of rotatable bonds is 11. The number of carbonyl (C=O) groups is 2. The molecule has 1 amide bonds. The molecular weight excluding hydrogens is 462 g/mol. The SMILES string of the molecule is CN/C=C(\C=N)c1ccc2c(C(=O)[C@@](C)(NCCc3ccc(C(N)=O)cc3)c3ccccc3)c[nH]c2c1. The molecule has 1 aromatic heterocycles. The van der Waals surface area contributed by atoms with Crippen molar-refractivity contribution in [2.75, 3.05) is 13.6 Å². The summed E-state index contributed by atoms with van der Waals surface area (Å²) in [7, 11) is 1.79. The second kappa shape index (κ2) is 11.1. The number of hydrogen-bond donors (Lipinski definition) is 5. The highest BCUT2D eigenvalue weighted by molar-refractivity contribution is 6.14. The van der Waals surface area contributed by atoms with Crippen LogP contribution >= 0.6 is 0 Å². The summed E-state index contributed by atoms with van der Waals surface area (Å²) in [5.74, 6) is -0.496. The average molecular weight is 494 g/mol. The smallest absolute Gasteiger partial charge is 0.248 e. The third-order valence-corrected chi connectivity index (χ3v) is 6.65. The van der Waals surface area contributed by atoms with E-state index in [1.165, 1.54) is 6.21 Å². The summed E-state index contributed by atoms with van der Waals surface area (Å²) in [6.07, 6.45) is 5.50. The number of primary amides is 1. The topological polar surface area (TPSA) is 124 Å². The second-order valence-electron chi connectivity index (χ2n) is 9.05. The Morgan fingerprint density at radius 1 is 1.03 bits per heavy atom. The van der Waals surface area contributed by atoms with Gasteiger partial charge in [-0.25, -0.2) is 0 Å². The van der Waals surface area contributed by atoms with Crippen LogP contribution < -0.4 is 16.4 Å². The van der Waals surface area contributed by atoms with Crippen LogP contribution in [0.25, 0.3) is 16.5 Å². The number of amides is 1. The first-order valence-corrected chi connectivity index (χ1v) is 12.1. The molecule has 1 heterocycles. The van der Waals surface area contributed by atoms with Gasteiger partial charge in [0.25, 0.3) is 0 Å². The Hall–Kier alpha value is -4.49. The van der Waals surface area contributed by atoms with Crippen molar-refractivity contribution in [3.05, 3.63) is 113 Å². The molecule has 0 saturated carbocycles.